The highest BCUT2D eigenvalue weighted by molar-refractivity contribution is 6.14. The van der Waals surface area contributed by atoms with E-state index in [9.17, 15) is 10.5 Å². The van der Waals surface area contributed by atoms with Crippen LogP contribution in [0.2, 0.25) is 0 Å². The van der Waals surface area contributed by atoms with Crippen LogP contribution >= 0.6 is 0 Å². The summed E-state index contributed by atoms with van der Waals surface area (Å²) in [7, 11) is 0. The highest BCUT2D eigenvalue weighted by Gasteiger charge is 2.25. The molecular weight excluding hydrogens is 877 g/mol. The van der Waals surface area contributed by atoms with E-state index in [1.54, 1.807) is 0 Å². The van der Waals surface area contributed by atoms with E-state index in [2.05, 4.69) is 179 Å². The molecule has 0 aliphatic heterocycles. The molecule has 3 heterocycles. The number of hydrogen-bond acceptors (Lipinski definition) is 4. The first kappa shape index (κ1) is 42.0. The molecule has 0 aliphatic carbocycles. The first-order valence-corrected chi connectivity index (χ1v) is 23.9. The first-order valence-electron chi connectivity index (χ1n) is 23.9. The standard InChI is InChI=1S/C66H40N6/c67-41-47-22-7-9-24-49(47)45-34-36-62-55(38-45)56-39-46(50-25-10-8-23-48(50)42-68)35-37-63(56)72(62)64-33-17-29-54(66-69-57(43-18-3-1-4-19-43)40-58(70-66)44-20-5-2-6-21-44)65(64)53-28-13-16-32-61(53)71-59-30-14-11-26-51(59)52-27-12-15-31-60(52)71/h1-40H. The maximum absolute atomic E-state index is 10.3. The molecule has 0 saturated carbocycles. The Morgan fingerprint density at radius 3 is 1.26 bits per heavy atom. The van der Waals surface area contributed by atoms with Gasteiger partial charge in [-0.15, -0.1) is 0 Å². The number of fused-ring (bicyclic) bond motifs is 6. The Bertz CT molecular complexity index is 4130. The highest BCUT2D eigenvalue weighted by Crippen LogP contribution is 2.46. The Kier molecular flexibility index (Phi) is 10.2. The largest absolute Gasteiger partial charge is 0.309 e. The SMILES string of the molecule is N#Cc1ccccc1-c1ccc2c(c1)c1cc(-c3ccccc3C#N)ccc1n2-c1cccc(-c2nc(-c3ccccc3)cc(-c3ccccc3)n2)c1-c1ccccc1-n1c2ccccc2c2ccccc21. The maximum atomic E-state index is 10.3. The molecule has 334 valence electrons. The van der Waals surface area contributed by atoms with Crippen LogP contribution in [0, 0.1) is 22.7 Å². The third-order valence-electron chi connectivity index (χ3n) is 13.9. The predicted molar refractivity (Wildman–Crippen MR) is 293 cm³/mol. The van der Waals surface area contributed by atoms with E-state index in [0.717, 1.165) is 106 Å². The van der Waals surface area contributed by atoms with Gasteiger partial charge in [-0.3, -0.25) is 0 Å². The van der Waals surface area contributed by atoms with Gasteiger partial charge in [0.25, 0.3) is 0 Å². The maximum Gasteiger partial charge on any atom is 0.161 e. The van der Waals surface area contributed by atoms with Crippen LogP contribution in [0.15, 0.2) is 243 Å². The molecular formula is C66H40N6. The fraction of sp³-hybridized carbons (Fsp3) is 0. The average Bonchev–Trinajstić information content (AvgIpc) is 3.97. The van der Waals surface area contributed by atoms with E-state index in [-0.39, 0.29) is 0 Å². The Labute approximate surface area is 415 Å². The minimum absolute atomic E-state index is 0.593. The van der Waals surface area contributed by atoms with Crippen molar-refractivity contribution < 1.29 is 0 Å². The third kappa shape index (κ3) is 6.94. The molecule has 6 nitrogen and oxygen atoms in total. The minimum Gasteiger partial charge on any atom is -0.309 e. The molecule has 3 aromatic heterocycles. The fourth-order valence-electron chi connectivity index (χ4n) is 10.6. The van der Waals surface area contributed by atoms with Gasteiger partial charge < -0.3 is 9.13 Å². The van der Waals surface area contributed by atoms with Gasteiger partial charge in [0.05, 0.1) is 68.1 Å². The molecule has 0 unspecified atom stereocenters. The van der Waals surface area contributed by atoms with Crippen LogP contribution in [0.5, 0.6) is 0 Å². The van der Waals surface area contributed by atoms with Crippen LogP contribution in [0.3, 0.4) is 0 Å². The van der Waals surface area contributed by atoms with E-state index in [4.69, 9.17) is 9.97 Å². The summed E-state index contributed by atoms with van der Waals surface area (Å²) in [5, 5.41) is 24.9. The summed E-state index contributed by atoms with van der Waals surface area (Å²) in [5.41, 5.74) is 17.4. The van der Waals surface area contributed by atoms with E-state index in [0.29, 0.717) is 17.0 Å². The average molecular weight is 917 g/mol. The summed E-state index contributed by atoms with van der Waals surface area (Å²) in [5.74, 6) is 0.593. The van der Waals surface area contributed by atoms with Gasteiger partial charge in [-0.1, -0.05) is 176 Å². The molecule has 0 spiro atoms. The van der Waals surface area contributed by atoms with Gasteiger partial charge in [-0.05, 0) is 89.0 Å². The van der Waals surface area contributed by atoms with Gasteiger partial charge in [-0.25, -0.2) is 9.97 Å². The molecule has 0 amide bonds. The lowest BCUT2D eigenvalue weighted by Gasteiger charge is -2.21. The molecule has 0 atom stereocenters. The lowest BCUT2D eigenvalue weighted by molar-refractivity contribution is 1.15. The molecule has 6 heteroatoms. The number of benzene rings is 10. The molecule has 0 aliphatic rings. The normalized spacial score (nSPS) is 11.3. The molecule has 10 aromatic carbocycles. The van der Waals surface area contributed by atoms with Crippen LogP contribution in [0.1, 0.15) is 11.1 Å². The Balaban J connectivity index is 1.16. The van der Waals surface area contributed by atoms with Crippen molar-refractivity contribution >= 4 is 43.6 Å². The summed E-state index contributed by atoms with van der Waals surface area (Å²) in [6, 6.07) is 88.5. The molecule has 0 N–H and O–H groups in total. The molecule has 0 saturated heterocycles. The quantitative estimate of drug-likeness (QED) is 0.152. The summed E-state index contributed by atoms with van der Waals surface area (Å²) in [4.78, 5) is 10.9. The topological polar surface area (TPSA) is 83.2 Å². The Morgan fingerprint density at radius 1 is 0.306 bits per heavy atom. The second kappa shape index (κ2) is 17.4. The highest BCUT2D eigenvalue weighted by atomic mass is 15.0. The van der Waals surface area contributed by atoms with Gasteiger partial charge in [0.15, 0.2) is 5.82 Å². The lowest BCUT2D eigenvalue weighted by Crippen LogP contribution is -2.04. The van der Waals surface area contributed by atoms with Crippen LogP contribution in [0.4, 0.5) is 0 Å². The molecule has 0 radical (unpaired) electrons. The summed E-state index contributed by atoms with van der Waals surface area (Å²) in [6.07, 6.45) is 0. The van der Waals surface area contributed by atoms with Crippen molar-refractivity contribution in [1.29, 1.82) is 10.5 Å². The van der Waals surface area contributed by atoms with Crippen molar-refractivity contribution in [2.75, 3.05) is 0 Å². The zero-order valence-electron chi connectivity index (χ0n) is 38.8. The van der Waals surface area contributed by atoms with Crippen LogP contribution in [0.25, 0.3) is 122 Å². The van der Waals surface area contributed by atoms with Crippen LogP contribution < -0.4 is 0 Å². The van der Waals surface area contributed by atoms with Crippen molar-refractivity contribution in [3.05, 3.63) is 254 Å². The Hall–Kier alpha value is -10.1. The third-order valence-corrected chi connectivity index (χ3v) is 13.9. The smallest absolute Gasteiger partial charge is 0.161 e. The fourth-order valence-corrected chi connectivity index (χ4v) is 10.6. The van der Waals surface area contributed by atoms with E-state index >= 15 is 0 Å². The number of hydrogen-bond donors (Lipinski definition) is 0. The second-order valence-corrected chi connectivity index (χ2v) is 17.9. The van der Waals surface area contributed by atoms with E-state index < -0.39 is 0 Å². The van der Waals surface area contributed by atoms with Crippen molar-refractivity contribution in [2.24, 2.45) is 0 Å². The van der Waals surface area contributed by atoms with Crippen molar-refractivity contribution in [1.82, 2.24) is 19.1 Å². The molecule has 13 aromatic rings. The van der Waals surface area contributed by atoms with Crippen molar-refractivity contribution in [2.45, 2.75) is 0 Å². The monoisotopic (exact) mass is 916 g/mol. The second-order valence-electron chi connectivity index (χ2n) is 17.9. The molecule has 0 bridgehead atoms. The van der Waals surface area contributed by atoms with Gasteiger partial charge in [0.1, 0.15) is 0 Å². The number of rotatable bonds is 8. The zero-order valence-corrected chi connectivity index (χ0v) is 38.8. The van der Waals surface area contributed by atoms with Gasteiger partial charge in [-0.2, -0.15) is 10.5 Å². The molecule has 0 fully saturated rings. The van der Waals surface area contributed by atoms with E-state index in [1.807, 2.05) is 84.9 Å². The van der Waals surface area contributed by atoms with Crippen LogP contribution in [-0.4, -0.2) is 19.1 Å². The van der Waals surface area contributed by atoms with Gasteiger partial charge in [0, 0.05) is 49.4 Å². The number of para-hydroxylation sites is 3. The van der Waals surface area contributed by atoms with Gasteiger partial charge in [0.2, 0.25) is 0 Å². The van der Waals surface area contributed by atoms with Crippen molar-refractivity contribution in [3.63, 3.8) is 0 Å². The number of aromatic nitrogens is 4. The molecule has 72 heavy (non-hydrogen) atoms. The first-order chi connectivity index (χ1) is 35.6. The van der Waals surface area contributed by atoms with Gasteiger partial charge >= 0.3 is 0 Å². The summed E-state index contributed by atoms with van der Waals surface area (Å²) in [6.45, 7) is 0. The number of nitrogens with zero attached hydrogens (tertiary/aromatic N) is 6. The minimum atomic E-state index is 0.593. The predicted octanol–water partition coefficient (Wildman–Crippen LogP) is 16.4. The summed E-state index contributed by atoms with van der Waals surface area (Å²) >= 11 is 0. The number of nitriles is 2. The lowest BCUT2D eigenvalue weighted by atomic mass is 9.94. The van der Waals surface area contributed by atoms with Crippen molar-refractivity contribution in [3.8, 4) is 90.8 Å². The summed E-state index contributed by atoms with van der Waals surface area (Å²) < 4.78 is 4.76. The molecule has 13 rings (SSSR count). The zero-order chi connectivity index (χ0) is 48.1. The van der Waals surface area contributed by atoms with Crippen LogP contribution in [-0.2, 0) is 0 Å². The van der Waals surface area contributed by atoms with E-state index in [1.165, 1.54) is 10.8 Å². The Morgan fingerprint density at radius 2 is 0.722 bits per heavy atom.